The van der Waals surface area contributed by atoms with Crippen molar-refractivity contribution in [2.75, 3.05) is 26.2 Å². The van der Waals surface area contributed by atoms with Crippen LogP contribution in [-0.4, -0.2) is 57.5 Å². The lowest BCUT2D eigenvalue weighted by Gasteiger charge is -2.39. The molecular formula is C21H30N4O2. The van der Waals surface area contributed by atoms with Gasteiger partial charge < -0.3 is 9.88 Å². The Labute approximate surface area is 160 Å². The zero-order chi connectivity index (χ0) is 19.0. The molecule has 1 unspecified atom stereocenters. The standard InChI is InChI=1S/C21H30N4O2/c1-15-7-11-24(12-8-15)20(26)16(2)23-13-9-17(10-14-23)25-19-6-4-3-5-18(19)22-21(25)27/h3-6,15-17H,7-14H2,1-2H3,(H,22,27). The van der Waals surface area contributed by atoms with Crippen molar-refractivity contribution in [3.63, 3.8) is 0 Å². The molecule has 0 radical (unpaired) electrons. The van der Waals surface area contributed by atoms with Gasteiger partial charge in [-0.05, 0) is 50.7 Å². The van der Waals surface area contributed by atoms with Crippen LogP contribution in [0.3, 0.4) is 0 Å². The third-order valence-corrected chi connectivity index (χ3v) is 6.49. The van der Waals surface area contributed by atoms with E-state index in [0.29, 0.717) is 0 Å². The summed E-state index contributed by atoms with van der Waals surface area (Å²) in [6.07, 6.45) is 4.03. The Bertz CT molecular complexity index is 854. The predicted molar refractivity (Wildman–Crippen MR) is 107 cm³/mol. The summed E-state index contributed by atoms with van der Waals surface area (Å²) in [4.78, 5) is 32.6. The van der Waals surface area contributed by atoms with Crippen LogP contribution in [0.2, 0.25) is 0 Å². The Morgan fingerprint density at radius 1 is 1.07 bits per heavy atom. The second-order valence-corrected chi connectivity index (χ2v) is 8.27. The summed E-state index contributed by atoms with van der Waals surface area (Å²) in [5.74, 6) is 0.999. The van der Waals surface area contributed by atoms with Crippen LogP contribution in [0.25, 0.3) is 11.0 Å². The van der Waals surface area contributed by atoms with Crippen molar-refractivity contribution < 1.29 is 4.79 Å². The molecule has 6 heteroatoms. The average Bonchev–Trinajstić information content (AvgIpc) is 3.03. The molecule has 0 saturated carbocycles. The zero-order valence-corrected chi connectivity index (χ0v) is 16.4. The van der Waals surface area contributed by atoms with Gasteiger partial charge in [0.05, 0.1) is 17.1 Å². The van der Waals surface area contributed by atoms with Crippen LogP contribution < -0.4 is 5.69 Å². The number of nitrogens with one attached hydrogen (secondary N) is 1. The molecule has 1 atom stereocenters. The van der Waals surface area contributed by atoms with Gasteiger partial charge in [0.15, 0.2) is 0 Å². The summed E-state index contributed by atoms with van der Waals surface area (Å²) in [6, 6.07) is 7.99. The minimum Gasteiger partial charge on any atom is -0.341 e. The first-order chi connectivity index (χ1) is 13.0. The number of rotatable bonds is 3. The summed E-state index contributed by atoms with van der Waals surface area (Å²) in [6.45, 7) is 7.81. The van der Waals surface area contributed by atoms with E-state index in [-0.39, 0.29) is 23.7 Å². The number of benzene rings is 1. The van der Waals surface area contributed by atoms with Crippen LogP contribution in [0.15, 0.2) is 29.1 Å². The maximum absolute atomic E-state index is 12.9. The highest BCUT2D eigenvalue weighted by Gasteiger charge is 2.31. The summed E-state index contributed by atoms with van der Waals surface area (Å²) in [5.41, 5.74) is 1.85. The third-order valence-electron chi connectivity index (χ3n) is 6.49. The fourth-order valence-corrected chi connectivity index (χ4v) is 4.62. The first-order valence-corrected chi connectivity index (χ1v) is 10.3. The molecule has 2 fully saturated rings. The van der Waals surface area contributed by atoms with E-state index < -0.39 is 0 Å². The largest absolute Gasteiger partial charge is 0.341 e. The number of amides is 1. The fraction of sp³-hybridized carbons (Fsp3) is 0.619. The van der Waals surface area contributed by atoms with Gasteiger partial charge in [0, 0.05) is 32.2 Å². The second-order valence-electron chi connectivity index (χ2n) is 8.27. The number of likely N-dealkylation sites (tertiary alicyclic amines) is 2. The van der Waals surface area contributed by atoms with Gasteiger partial charge in [0.1, 0.15) is 0 Å². The van der Waals surface area contributed by atoms with E-state index in [2.05, 4.69) is 16.8 Å². The normalized spacial score (nSPS) is 21.6. The Kier molecular flexibility index (Phi) is 5.08. The average molecular weight is 370 g/mol. The molecule has 0 aliphatic carbocycles. The van der Waals surface area contributed by atoms with Crippen LogP contribution in [-0.2, 0) is 4.79 Å². The van der Waals surface area contributed by atoms with E-state index in [9.17, 15) is 9.59 Å². The minimum absolute atomic E-state index is 0.0267. The molecular weight excluding hydrogens is 340 g/mol. The van der Waals surface area contributed by atoms with Gasteiger partial charge in [0.2, 0.25) is 5.91 Å². The Morgan fingerprint density at radius 2 is 1.74 bits per heavy atom. The maximum Gasteiger partial charge on any atom is 0.326 e. The molecule has 2 aliphatic rings. The zero-order valence-electron chi connectivity index (χ0n) is 16.4. The van der Waals surface area contributed by atoms with Gasteiger partial charge >= 0.3 is 5.69 Å². The Hall–Kier alpha value is -2.08. The number of carbonyl (C=O) groups excluding carboxylic acids is 1. The van der Waals surface area contributed by atoms with Crippen molar-refractivity contribution in [1.82, 2.24) is 19.4 Å². The van der Waals surface area contributed by atoms with Crippen molar-refractivity contribution in [2.24, 2.45) is 5.92 Å². The molecule has 4 rings (SSSR count). The molecule has 2 aromatic rings. The lowest BCUT2D eigenvalue weighted by Crippen LogP contribution is -2.51. The predicted octanol–water partition coefficient (Wildman–Crippen LogP) is 2.61. The molecule has 146 valence electrons. The van der Waals surface area contributed by atoms with Gasteiger partial charge in [0.25, 0.3) is 0 Å². The van der Waals surface area contributed by atoms with Gasteiger partial charge in [-0.2, -0.15) is 0 Å². The second kappa shape index (κ2) is 7.50. The first-order valence-electron chi connectivity index (χ1n) is 10.3. The molecule has 6 nitrogen and oxygen atoms in total. The molecule has 1 aromatic carbocycles. The summed E-state index contributed by atoms with van der Waals surface area (Å²) >= 11 is 0. The number of para-hydroxylation sites is 2. The number of imidazole rings is 1. The summed E-state index contributed by atoms with van der Waals surface area (Å²) < 4.78 is 1.91. The quantitative estimate of drug-likeness (QED) is 0.903. The number of H-pyrrole nitrogens is 1. The van der Waals surface area contributed by atoms with E-state index in [1.54, 1.807) is 0 Å². The van der Waals surface area contributed by atoms with Crippen molar-refractivity contribution in [1.29, 1.82) is 0 Å². The van der Waals surface area contributed by atoms with Crippen LogP contribution in [0.1, 0.15) is 45.6 Å². The van der Waals surface area contributed by atoms with Gasteiger partial charge in [-0.3, -0.25) is 14.3 Å². The van der Waals surface area contributed by atoms with E-state index in [1.807, 2.05) is 40.7 Å². The fourth-order valence-electron chi connectivity index (χ4n) is 4.62. The molecule has 1 amide bonds. The number of piperidine rings is 2. The maximum atomic E-state index is 12.9. The first kappa shape index (κ1) is 18.3. The number of hydrogen-bond acceptors (Lipinski definition) is 3. The third kappa shape index (κ3) is 3.55. The molecule has 27 heavy (non-hydrogen) atoms. The monoisotopic (exact) mass is 370 g/mol. The Morgan fingerprint density at radius 3 is 2.44 bits per heavy atom. The van der Waals surface area contributed by atoms with Crippen molar-refractivity contribution in [3.05, 3.63) is 34.7 Å². The lowest BCUT2D eigenvalue weighted by atomic mass is 9.98. The SMILES string of the molecule is CC1CCN(C(=O)C(C)N2CCC(n3c(=O)[nH]c4ccccc43)CC2)CC1. The van der Waals surface area contributed by atoms with Crippen molar-refractivity contribution in [3.8, 4) is 0 Å². The van der Waals surface area contributed by atoms with Crippen molar-refractivity contribution >= 4 is 16.9 Å². The van der Waals surface area contributed by atoms with Crippen LogP contribution in [0.4, 0.5) is 0 Å². The highest BCUT2D eigenvalue weighted by Crippen LogP contribution is 2.26. The van der Waals surface area contributed by atoms with E-state index in [0.717, 1.165) is 68.8 Å². The highest BCUT2D eigenvalue weighted by molar-refractivity contribution is 5.81. The number of carbonyl (C=O) groups is 1. The van der Waals surface area contributed by atoms with Gasteiger partial charge in [-0.15, -0.1) is 0 Å². The van der Waals surface area contributed by atoms with E-state index >= 15 is 0 Å². The molecule has 2 saturated heterocycles. The van der Waals surface area contributed by atoms with E-state index in [4.69, 9.17) is 0 Å². The van der Waals surface area contributed by atoms with Crippen LogP contribution in [0, 0.1) is 5.92 Å². The van der Waals surface area contributed by atoms with Crippen molar-refractivity contribution in [2.45, 2.75) is 51.6 Å². The minimum atomic E-state index is -0.0703. The van der Waals surface area contributed by atoms with Gasteiger partial charge in [-0.25, -0.2) is 4.79 Å². The smallest absolute Gasteiger partial charge is 0.326 e. The molecule has 2 aliphatic heterocycles. The number of hydrogen-bond donors (Lipinski definition) is 1. The molecule has 1 N–H and O–H groups in total. The number of aromatic nitrogens is 2. The summed E-state index contributed by atoms with van der Waals surface area (Å²) in [5, 5.41) is 0. The number of fused-ring (bicyclic) bond motifs is 1. The topological polar surface area (TPSA) is 61.3 Å². The van der Waals surface area contributed by atoms with Crippen LogP contribution in [0.5, 0.6) is 0 Å². The Balaban J connectivity index is 1.40. The number of aromatic amines is 1. The highest BCUT2D eigenvalue weighted by atomic mass is 16.2. The number of nitrogens with zero attached hydrogens (tertiary/aromatic N) is 3. The molecule has 3 heterocycles. The lowest BCUT2D eigenvalue weighted by molar-refractivity contribution is -0.138. The van der Waals surface area contributed by atoms with Gasteiger partial charge in [-0.1, -0.05) is 19.1 Å². The molecule has 0 spiro atoms. The van der Waals surface area contributed by atoms with Crippen LogP contribution >= 0.6 is 0 Å². The molecule has 0 bridgehead atoms. The van der Waals surface area contributed by atoms with E-state index in [1.165, 1.54) is 0 Å². The molecule has 1 aromatic heterocycles. The summed E-state index contributed by atoms with van der Waals surface area (Å²) in [7, 11) is 0.